The molecule has 0 bridgehead atoms. The molecule has 1 aromatic carbocycles. The minimum absolute atomic E-state index is 0.00691. The predicted molar refractivity (Wildman–Crippen MR) is 81.4 cm³/mol. The Kier molecular flexibility index (Phi) is 7.00. The fourth-order valence-corrected chi connectivity index (χ4v) is 2.25. The highest BCUT2D eigenvalue weighted by molar-refractivity contribution is 5.26. The molecule has 2 rings (SSSR count). The number of ether oxygens (including phenoxy) is 4. The Morgan fingerprint density at radius 1 is 1.24 bits per heavy atom. The van der Waals surface area contributed by atoms with E-state index in [-0.39, 0.29) is 12.4 Å². The van der Waals surface area contributed by atoms with Crippen LogP contribution in [0.3, 0.4) is 0 Å². The van der Waals surface area contributed by atoms with Gasteiger partial charge in [-0.25, -0.2) is 0 Å². The van der Waals surface area contributed by atoms with Crippen LogP contribution in [-0.4, -0.2) is 32.7 Å². The lowest BCUT2D eigenvalue weighted by molar-refractivity contribution is -0.166. The molecule has 1 saturated heterocycles. The van der Waals surface area contributed by atoms with E-state index in [1.165, 1.54) is 6.42 Å². The van der Waals surface area contributed by atoms with Crippen molar-refractivity contribution in [3.8, 4) is 5.75 Å². The first kappa shape index (κ1) is 16.3. The molecule has 1 aliphatic rings. The molecule has 2 unspecified atom stereocenters. The minimum atomic E-state index is -0.00691. The molecule has 4 nitrogen and oxygen atoms in total. The van der Waals surface area contributed by atoms with E-state index in [4.69, 9.17) is 18.9 Å². The summed E-state index contributed by atoms with van der Waals surface area (Å²) in [5, 5.41) is 0. The normalized spacial score (nSPS) is 20.2. The molecule has 0 aliphatic carbocycles. The van der Waals surface area contributed by atoms with Gasteiger partial charge in [-0.3, -0.25) is 0 Å². The van der Waals surface area contributed by atoms with E-state index in [9.17, 15) is 0 Å². The van der Waals surface area contributed by atoms with Gasteiger partial charge < -0.3 is 18.9 Å². The van der Waals surface area contributed by atoms with Gasteiger partial charge in [-0.15, -0.1) is 0 Å². The van der Waals surface area contributed by atoms with Gasteiger partial charge in [-0.2, -0.15) is 0 Å². The lowest BCUT2D eigenvalue weighted by Crippen LogP contribution is -2.24. The molecule has 1 fully saturated rings. The van der Waals surface area contributed by atoms with Crippen molar-refractivity contribution in [1.82, 2.24) is 0 Å². The van der Waals surface area contributed by atoms with Gasteiger partial charge in [0.05, 0.1) is 26.4 Å². The highest BCUT2D eigenvalue weighted by Crippen LogP contribution is 2.15. The molecular weight excluding hydrogens is 268 g/mol. The summed E-state index contributed by atoms with van der Waals surface area (Å²) in [6.45, 7) is 4.21. The van der Waals surface area contributed by atoms with Gasteiger partial charge in [0, 0.05) is 6.61 Å². The molecule has 1 aliphatic heterocycles. The number of methoxy groups -OCH3 is 1. The molecule has 0 amide bonds. The zero-order valence-corrected chi connectivity index (χ0v) is 13.0. The van der Waals surface area contributed by atoms with Crippen molar-refractivity contribution < 1.29 is 18.9 Å². The Hall–Kier alpha value is -1.10. The monoisotopic (exact) mass is 294 g/mol. The zero-order valence-electron chi connectivity index (χ0n) is 13.0. The van der Waals surface area contributed by atoms with Crippen LogP contribution in [0.5, 0.6) is 5.75 Å². The quantitative estimate of drug-likeness (QED) is 0.735. The summed E-state index contributed by atoms with van der Waals surface area (Å²) in [4.78, 5) is 0. The first-order valence-corrected chi connectivity index (χ1v) is 7.75. The molecule has 0 N–H and O–H groups in total. The maximum atomic E-state index is 5.83. The molecular formula is C17H26O4. The zero-order chi connectivity index (χ0) is 14.9. The predicted octanol–water partition coefficient (Wildman–Crippen LogP) is 3.53. The largest absolute Gasteiger partial charge is 0.497 e. The van der Waals surface area contributed by atoms with E-state index in [1.807, 2.05) is 24.3 Å². The van der Waals surface area contributed by atoms with E-state index < -0.39 is 0 Å². The van der Waals surface area contributed by atoms with Crippen molar-refractivity contribution in [1.29, 1.82) is 0 Å². The van der Waals surface area contributed by atoms with Gasteiger partial charge in [0.15, 0.2) is 6.29 Å². The molecule has 1 aromatic rings. The molecule has 4 heteroatoms. The van der Waals surface area contributed by atoms with E-state index in [0.29, 0.717) is 13.2 Å². The lowest BCUT2D eigenvalue weighted by atomic mass is 10.2. The van der Waals surface area contributed by atoms with Crippen molar-refractivity contribution in [3.05, 3.63) is 29.8 Å². The van der Waals surface area contributed by atoms with E-state index in [0.717, 1.165) is 37.2 Å². The van der Waals surface area contributed by atoms with Gasteiger partial charge in [0.25, 0.3) is 0 Å². The third-order valence-electron chi connectivity index (χ3n) is 3.66. The van der Waals surface area contributed by atoms with E-state index in [1.54, 1.807) is 7.11 Å². The van der Waals surface area contributed by atoms with Crippen LogP contribution in [0.2, 0.25) is 0 Å². The summed E-state index contributed by atoms with van der Waals surface area (Å²) in [5.74, 6) is 0.868. The lowest BCUT2D eigenvalue weighted by Gasteiger charge is -2.23. The van der Waals surface area contributed by atoms with Crippen molar-refractivity contribution >= 4 is 0 Å². The molecule has 21 heavy (non-hydrogen) atoms. The molecule has 0 spiro atoms. The minimum Gasteiger partial charge on any atom is -0.497 e. The molecule has 0 aromatic heterocycles. The Morgan fingerprint density at radius 3 is 2.71 bits per heavy atom. The van der Waals surface area contributed by atoms with Gasteiger partial charge in [-0.1, -0.05) is 12.1 Å². The van der Waals surface area contributed by atoms with Gasteiger partial charge in [0.1, 0.15) is 5.75 Å². The highest BCUT2D eigenvalue weighted by Gasteiger charge is 2.14. The number of hydrogen-bond donors (Lipinski definition) is 0. The fraction of sp³-hybridized carbons (Fsp3) is 0.647. The van der Waals surface area contributed by atoms with Crippen LogP contribution < -0.4 is 4.74 Å². The van der Waals surface area contributed by atoms with Crippen molar-refractivity contribution in [3.63, 3.8) is 0 Å². The SMILES string of the molecule is COc1ccc(COC(C)CCOC2CCCCO2)cc1. The van der Waals surface area contributed by atoms with Crippen LogP contribution in [0.25, 0.3) is 0 Å². The standard InChI is InChI=1S/C17H26O4/c1-14(10-12-20-17-5-3-4-11-19-17)21-13-15-6-8-16(18-2)9-7-15/h6-9,14,17H,3-5,10-13H2,1-2H3. The molecule has 2 atom stereocenters. The maximum absolute atomic E-state index is 5.83. The molecule has 118 valence electrons. The van der Waals surface area contributed by atoms with Crippen LogP contribution in [0.4, 0.5) is 0 Å². The Balaban J connectivity index is 1.59. The molecule has 0 radical (unpaired) electrons. The molecule has 0 saturated carbocycles. The first-order valence-electron chi connectivity index (χ1n) is 7.75. The van der Waals surface area contributed by atoms with Crippen molar-refractivity contribution in [2.45, 2.75) is 51.6 Å². The van der Waals surface area contributed by atoms with Crippen LogP contribution >= 0.6 is 0 Å². The number of rotatable bonds is 8. The Labute approximate surface area is 127 Å². The topological polar surface area (TPSA) is 36.9 Å². The number of hydrogen-bond acceptors (Lipinski definition) is 4. The summed E-state index contributed by atoms with van der Waals surface area (Å²) in [5.41, 5.74) is 1.15. The van der Waals surface area contributed by atoms with Crippen LogP contribution in [-0.2, 0) is 20.8 Å². The summed E-state index contributed by atoms with van der Waals surface area (Å²) in [6.07, 6.45) is 4.43. The third kappa shape index (κ3) is 6.04. The fourth-order valence-electron chi connectivity index (χ4n) is 2.25. The summed E-state index contributed by atoms with van der Waals surface area (Å²) in [6, 6.07) is 7.95. The van der Waals surface area contributed by atoms with Crippen molar-refractivity contribution in [2.75, 3.05) is 20.3 Å². The summed E-state index contributed by atoms with van der Waals surface area (Å²) >= 11 is 0. The Morgan fingerprint density at radius 2 is 2.05 bits per heavy atom. The smallest absolute Gasteiger partial charge is 0.157 e. The summed E-state index contributed by atoms with van der Waals surface area (Å²) in [7, 11) is 1.67. The maximum Gasteiger partial charge on any atom is 0.157 e. The van der Waals surface area contributed by atoms with Crippen molar-refractivity contribution in [2.24, 2.45) is 0 Å². The van der Waals surface area contributed by atoms with Gasteiger partial charge in [0.2, 0.25) is 0 Å². The third-order valence-corrected chi connectivity index (χ3v) is 3.66. The average Bonchev–Trinajstić information content (AvgIpc) is 2.54. The molecule has 1 heterocycles. The number of benzene rings is 1. The van der Waals surface area contributed by atoms with Gasteiger partial charge in [-0.05, 0) is 50.3 Å². The second-order valence-electron chi connectivity index (χ2n) is 5.43. The van der Waals surface area contributed by atoms with Crippen LogP contribution in [0.1, 0.15) is 38.2 Å². The van der Waals surface area contributed by atoms with Gasteiger partial charge >= 0.3 is 0 Å². The second kappa shape index (κ2) is 9.03. The Bertz CT molecular complexity index is 384. The first-order chi connectivity index (χ1) is 10.3. The van der Waals surface area contributed by atoms with Crippen LogP contribution in [0.15, 0.2) is 24.3 Å². The summed E-state index contributed by atoms with van der Waals surface area (Å²) < 4.78 is 22.2. The average molecular weight is 294 g/mol. The second-order valence-corrected chi connectivity index (χ2v) is 5.43. The highest BCUT2D eigenvalue weighted by atomic mass is 16.7. The van der Waals surface area contributed by atoms with E-state index in [2.05, 4.69) is 6.92 Å². The van der Waals surface area contributed by atoms with E-state index >= 15 is 0 Å². The van der Waals surface area contributed by atoms with Crippen LogP contribution in [0, 0.1) is 0 Å².